The molecule has 0 saturated heterocycles. The molecule has 0 atom stereocenters. The van der Waals surface area contributed by atoms with Gasteiger partial charge in [0.2, 0.25) is 5.82 Å². The lowest BCUT2D eigenvalue weighted by molar-refractivity contribution is -0.384. The molecule has 0 aliphatic heterocycles. The third kappa shape index (κ3) is 2.95. The number of aromatic nitrogens is 4. The van der Waals surface area contributed by atoms with Crippen LogP contribution in [0.2, 0.25) is 0 Å². The molecule has 2 aromatic heterocycles. The molecule has 0 aliphatic carbocycles. The molecule has 0 aromatic carbocycles. The lowest BCUT2D eigenvalue weighted by Gasteiger charge is -2.05. The average Bonchev–Trinajstić information content (AvgIpc) is 3.02. The second-order valence-corrected chi connectivity index (χ2v) is 4.44. The van der Waals surface area contributed by atoms with Crippen molar-refractivity contribution in [3.63, 3.8) is 0 Å². The largest absolute Gasteiger partial charge is 0.365 e. The van der Waals surface area contributed by atoms with E-state index in [1.165, 1.54) is 4.68 Å². The Hall–Kier alpha value is -2.38. The summed E-state index contributed by atoms with van der Waals surface area (Å²) in [5, 5.41) is 18.4. The van der Waals surface area contributed by atoms with Gasteiger partial charge < -0.3 is 10.3 Å². The van der Waals surface area contributed by atoms with Crippen molar-refractivity contribution < 1.29 is 4.92 Å². The van der Waals surface area contributed by atoms with E-state index in [1.54, 1.807) is 19.4 Å². The first-order valence-corrected chi connectivity index (χ1v) is 6.55. The molecule has 0 spiro atoms. The first-order chi connectivity index (χ1) is 9.63. The van der Waals surface area contributed by atoms with Crippen LogP contribution >= 0.6 is 0 Å². The van der Waals surface area contributed by atoms with Gasteiger partial charge in [-0.05, 0) is 12.8 Å². The number of anilines is 1. The van der Waals surface area contributed by atoms with E-state index in [-0.39, 0.29) is 10.6 Å². The Bertz CT molecular complexity index is 575. The zero-order valence-corrected chi connectivity index (χ0v) is 11.6. The van der Waals surface area contributed by atoms with E-state index >= 15 is 0 Å². The predicted molar refractivity (Wildman–Crippen MR) is 74.6 cm³/mol. The summed E-state index contributed by atoms with van der Waals surface area (Å²) >= 11 is 0. The van der Waals surface area contributed by atoms with Crippen LogP contribution in [-0.4, -0.2) is 31.2 Å². The lowest BCUT2D eigenvalue weighted by atomic mass is 10.2. The molecular formula is C12H18N6O2. The quantitative estimate of drug-likeness (QED) is 0.455. The first kappa shape index (κ1) is 14.0. The number of aryl methyl sites for hydroxylation is 3. The van der Waals surface area contributed by atoms with E-state index in [0.29, 0.717) is 24.5 Å². The van der Waals surface area contributed by atoms with E-state index in [0.717, 1.165) is 18.7 Å². The maximum atomic E-state index is 11.1. The molecule has 2 N–H and O–H groups in total. The third-order valence-electron chi connectivity index (χ3n) is 3.05. The number of nitro groups is 1. The van der Waals surface area contributed by atoms with Gasteiger partial charge in [-0.2, -0.15) is 5.10 Å². The number of imidazole rings is 1. The molecule has 2 rings (SSSR count). The molecule has 2 heterocycles. The molecule has 0 amide bonds. The summed E-state index contributed by atoms with van der Waals surface area (Å²) in [6, 6.07) is 0. The van der Waals surface area contributed by atoms with Crippen LogP contribution in [-0.2, 0) is 19.9 Å². The minimum Gasteiger partial charge on any atom is -0.365 e. The molecule has 0 unspecified atom stereocenters. The topological polar surface area (TPSA) is 102 Å². The molecular weight excluding hydrogens is 260 g/mol. The van der Waals surface area contributed by atoms with Gasteiger partial charge >= 0.3 is 5.69 Å². The third-order valence-corrected chi connectivity index (χ3v) is 3.05. The molecule has 0 aliphatic rings. The highest BCUT2D eigenvalue weighted by molar-refractivity contribution is 5.59. The number of nitrogens with zero attached hydrogens (tertiary/aromatic N) is 4. The average molecular weight is 278 g/mol. The highest BCUT2D eigenvalue weighted by Crippen LogP contribution is 2.28. The summed E-state index contributed by atoms with van der Waals surface area (Å²) in [4.78, 5) is 17.9. The van der Waals surface area contributed by atoms with Crippen LogP contribution in [0.15, 0.2) is 12.4 Å². The minimum atomic E-state index is -0.374. The van der Waals surface area contributed by atoms with Crippen LogP contribution in [0.5, 0.6) is 0 Å². The highest BCUT2D eigenvalue weighted by atomic mass is 16.6. The Morgan fingerprint density at radius 2 is 2.35 bits per heavy atom. The van der Waals surface area contributed by atoms with Gasteiger partial charge in [0, 0.05) is 32.4 Å². The predicted octanol–water partition coefficient (Wildman–Crippen LogP) is 1.66. The van der Waals surface area contributed by atoms with E-state index in [9.17, 15) is 10.1 Å². The van der Waals surface area contributed by atoms with Crippen molar-refractivity contribution in [1.29, 1.82) is 0 Å². The van der Waals surface area contributed by atoms with E-state index in [2.05, 4.69) is 20.4 Å². The summed E-state index contributed by atoms with van der Waals surface area (Å²) in [5.41, 5.74) is 0.582. The molecule has 20 heavy (non-hydrogen) atoms. The minimum absolute atomic E-state index is 0.0769. The molecule has 8 heteroatoms. The second-order valence-electron chi connectivity index (χ2n) is 4.44. The fourth-order valence-electron chi connectivity index (χ4n) is 2.09. The molecule has 2 aromatic rings. The Morgan fingerprint density at radius 3 is 2.95 bits per heavy atom. The van der Waals surface area contributed by atoms with Gasteiger partial charge in [0.05, 0.1) is 4.92 Å². The van der Waals surface area contributed by atoms with Crippen molar-refractivity contribution >= 4 is 11.5 Å². The Balaban J connectivity index is 1.98. The fourth-order valence-corrected chi connectivity index (χ4v) is 2.09. The summed E-state index contributed by atoms with van der Waals surface area (Å²) < 4.78 is 1.53. The molecule has 0 saturated carbocycles. The van der Waals surface area contributed by atoms with Crippen molar-refractivity contribution in [3.05, 3.63) is 34.0 Å². The maximum absolute atomic E-state index is 11.1. The maximum Gasteiger partial charge on any atom is 0.333 e. The summed E-state index contributed by atoms with van der Waals surface area (Å²) in [6.07, 6.45) is 5.66. The second kappa shape index (κ2) is 6.18. The van der Waals surface area contributed by atoms with Gasteiger partial charge in [0.25, 0.3) is 0 Å². The van der Waals surface area contributed by atoms with Gasteiger partial charge in [-0.3, -0.25) is 10.1 Å². The van der Waals surface area contributed by atoms with Crippen LogP contribution < -0.4 is 5.32 Å². The Morgan fingerprint density at radius 1 is 1.55 bits per heavy atom. The van der Waals surface area contributed by atoms with Gasteiger partial charge in [0.15, 0.2) is 0 Å². The SMILES string of the molecule is CCc1nn(C)c(NCCCc2ncc[nH]2)c1[N+](=O)[O-]. The van der Waals surface area contributed by atoms with Gasteiger partial charge in [-0.15, -0.1) is 0 Å². The summed E-state index contributed by atoms with van der Waals surface area (Å²) in [7, 11) is 1.71. The smallest absolute Gasteiger partial charge is 0.333 e. The van der Waals surface area contributed by atoms with Crippen molar-refractivity contribution in [2.75, 3.05) is 11.9 Å². The van der Waals surface area contributed by atoms with Crippen LogP contribution in [0.4, 0.5) is 11.5 Å². The highest BCUT2D eigenvalue weighted by Gasteiger charge is 2.25. The first-order valence-electron chi connectivity index (χ1n) is 6.55. The zero-order valence-electron chi connectivity index (χ0n) is 11.6. The van der Waals surface area contributed by atoms with Crippen molar-refractivity contribution in [3.8, 4) is 0 Å². The summed E-state index contributed by atoms with van der Waals surface area (Å²) in [5.74, 6) is 1.38. The van der Waals surface area contributed by atoms with Crippen LogP contribution in [0.3, 0.4) is 0 Å². The number of hydrogen-bond acceptors (Lipinski definition) is 5. The monoisotopic (exact) mass is 278 g/mol. The number of H-pyrrole nitrogens is 1. The van der Waals surface area contributed by atoms with Gasteiger partial charge in [-0.25, -0.2) is 9.67 Å². The molecule has 108 valence electrons. The lowest BCUT2D eigenvalue weighted by Crippen LogP contribution is -2.09. The molecule has 0 bridgehead atoms. The number of nitrogens with one attached hydrogen (secondary N) is 2. The van der Waals surface area contributed by atoms with Gasteiger partial charge in [-0.1, -0.05) is 6.92 Å². The fraction of sp³-hybridized carbons (Fsp3) is 0.500. The van der Waals surface area contributed by atoms with Crippen LogP contribution in [0.25, 0.3) is 0 Å². The van der Waals surface area contributed by atoms with Crippen molar-refractivity contribution in [1.82, 2.24) is 19.7 Å². The van der Waals surface area contributed by atoms with E-state index < -0.39 is 0 Å². The normalized spacial score (nSPS) is 10.7. The Kier molecular flexibility index (Phi) is 4.34. The molecule has 0 fully saturated rings. The van der Waals surface area contributed by atoms with E-state index in [4.69, 9.17) is 0 Å². The molecule has 0 radical (unpaired) electrons. The van der Waals surface area contributed by atoms with E-state index in [1.807, 2.05) is 6.92 Å². The van der Waals surface area contributed by atoms with Gasteiger partial charge in [0.1, 0.15) is 11.5 Å². The van der Waals surface area contributed by atoms with Crippen molar-refractivity contribution in [2.45, 2.75) is 26.2 Å². The van der Waals surface area contributed by atoms with Crippen LogP contribution in [0, 0.1) is 10.1 Å². The van der Waals surface area contributed by atoms with Crippen molar-refractivity contribution in [2.24, 2.45) is 7.05 Å². The molecule has 8 nitrogen and oxygen atoms in total. The number of rotatable bonds is 7. The van der Waals surface area contributed by atoms with Crippen LogP contribution in [0.1, 0.15) is 24.9 Å². The summed E-state index contributed by atoms with van der Waals surface area (Å²) in [6.45, 7) is 2.49. The Labute approximate surface area is 116 Å². The zero-order chi connectivity index (χ0) is 14.5. The standard InChI is InChI=1S/C12H18N6O2/c1-3-9-11(18(19)20)12(17(2)16-9)15-6-4-5-10-13-7-8-14-10/h7-8,15H,3-6H2,1-2H3,(H,13,14). The number of aromatic amines is 1. The number of hydrogen-bond donors (Lipinski definition) is 2.